The van der Waals surface area contributed by atoms with Crippen molar-refractivity contribution in [2.75, 3.05) is 18.0 Å². The highest BCUT2D eigenvalue weighted by molar-refractivity contribution is 7.92. The molecule has 4 rings (SSSR count). The lowest BCUT2D eigenvalue weighted by molar-refractivity contribution is -0.139. The van der Waals surface area contributed by atoms with Crippen LogP contribution in [-0.2, 0) is 26.2 Å². The first-order valence-electron chi connectivity index (χ1n) is 13.7. The number of carbonyl (C=O) groups excluding carboxylic acids is 2. The second kappa shape index (κ2) is 13.6. The molecular formula is C31H36FN3O5S. The maximum Gasteiger partial charge on any atom is 0.264 e. The number of hydrogen-bond donors (Lipinski definition) is 1. The molecule has 1 aliphatic rings. The molecule has 0 heterocycles. The fourth-order valence-corrected chi connectivity index (χ4v) is 6.35. The number of hydrogen-bond acceptors (Lipinski definition) is 5. The molecule has 0 radical (unpaired) electrons. The zero-order valence-corrected chi connectivity index (χ0v) is 24.1. The summed E-state index contributed by atoms with van der Waals surface area (Å²) in [7, 11) is -2.69. The first-order chi connectivity index (χ1) is 19.7. The van der Waals surface area contributed by atoms with E-state index in [0.29, 0.717) is 5.75 Å². The van der Waals surface area contributed by atoms with E-state index >= 15 is 0 Å². The van der Waals surface area contributed by atoms with E-state index in [4.69, 9.17) is 4.74 Å². The van der Waals surface area contributed by atoms with E-state index in [1.807, 2.05) is 0 Å². The number of anilines is 1. The number of benzene rings is 3. The Bertz CT molecular complexity index is 1410. The minimum atomic E-state index is -4.25. The van der Waals surface area contributed by atoms with Gasteiger partial charge in [0.2, 0.25) is 11.8 Å². The van der Waals surface area contributed by atoms with Gasteiger partial charge in [-0.1, -0.05) is 49.6 Å². The molecule has 0 spiro atoms. The van der Waals surface area contributed by atoms with Crippen LogP contribution in [0.4, 0.5) is 10.1 Å². The van der Waals surface area contributed by atoms with Gasteiger partial charge in [-0.2, -0.15) is 0 Å². The van der Waals surface area contributed by atoms with Gasteiger partial charge in [0, 0.05) is 12.6 Å². The lowest BCUT2D eigenvalue weighted by Gasteiger charge is -2.33. The number of sulfonamides is 1. The van der Waals surface area contributed by atoms with Crippen molar-refractivity contribution < 1.29 is 27.1 Å². The molecule has 0 aliphatic heterocycles. The van der Waals surface area contributed by atoms with Crippen molar-refractivity contribution in [3.8, 4) is 5.75 Å². The van der Waals surface area contributed by atoms with Crippen LogP contribution in [0.25, 0.3) is 0 Å². The van der Waals surface area contributed by atoms with Gasteiger partial charge in [0.15, 0.2) is 0 Å². The molecule has 0 unspecified atom stereocenters. The quantitative estimate of drug-likeness (QED) is 0.348. The number of para-hydroxylation sites is 1. The molecule has 10 heteroatoms. The van der Waals surface area contributed by atoms with Gasteiger partial charge in [-0.05, 0) is 73.9 Å². The third-order valence-electron chi connectivity index (χ3n) is 7.36. The Labute approximate surface area is 241 Å². The van der Waals surface area contributed by atoms with Crippen molar-refractivity contribution in [1.82, 2.24) is 10.2 Å². The van der Waals surface area contributed by atoms with Gasteiger partial charge < -0.3 is 15.0 Å². The van der Waals surface area contributed by atoms with E-state index in [1.165, 1.54) is 17.0 Å². The predicted octanol–water partition coefficient (Wildman–Crippen LogP) is 4.90. The van der Waals surface area contributed by atoms with Crippen molar-refractivity contribution in [3.63, 3.8) is 0 Å². The molecule has 0 bridgehead atoms. The minimum absolute atomic E-state index is 0.0521. The first-order valence-corrected chi connectivity index (χ1v) is 15.2. The zero-order valence-electron chi connectivity index (χ0n) is 23.3. The summed E-state index contributed by atoms with van der Waals surface area (Å²) in [6.07, 6.45) is 5.01. The zero-order chi connectivity index (χ0) is 29.4. The summed E-state index contributed by atoms with van der Waals surface area (Å²) in [4.78, 5) is 28.6. The molecule has 1 N–H and O–H groups in total. The number of nitrogens with one attached hydrogen (secondary N) is 1. The van der Waals surface area contributed by atoms with Crippen molar-refractivity contribution in [1.29, 1.82) is 0 Å². The number of ether oxygens (including phenoxy) is 1. The normalized spacial score (nSPS) is 14.6. The molecule has 2 amide bonds. The summed E-state index contributed by atoms with van der Waals surface area (Å²) in [5, 5.41) is 3.08. The standard InChI is InChI=1S/C31H36FN3O5S/c1-23(31(37)33-26-9-5-3-6-10-26)34(21-24-13-17-28(40-2)18-14-24)30(36)22-35(27-11-7-4-8-12-27)41(38,39)29-19-15-25(32)16-20-29/h4,7-8,11-20,23,26H,3,5-6,9-10,21-22H2,1-2H3,(H,33,37)/t23-/m0/s1. The highest BCUT2D eigenvalue weighted by atomic mass is 32.2. The van der Waals surface area contributed by atoms with Gasteiger partial charge in [0.25, 0.3) is 10.0 Å². The van der Waals surface area contributed by atoms with Gasteiger partial charge in [-0.15, -0.1) is 0 Å². The van der Waals surface area contributed by atoms with Crippen molar-refractivity contribution in [2.45, 2.75) is 62.6 Å². The molecule has 218 valence electrons. The summed E-state index contributed by atoms with van der Waals surface area (Å²) in [6, 6.07) is 19.0. The molecule has 1 atom stereocenters. The number of methoxy groups -OCH3 is 1. The van der Waals surface area contributed by atoms with E-state index in [9.17, 15) is 22.4 Å². The van der Waals surface area contributed by atoms with E-state index in [0.717, 1.165) is 54.1 Å². The van der Waals surface area contributed by atoms with Crippen LogP contribution in [0.3, 0.4) is 0 Å². The summed E-state index contributed by atoms with van der Waals surface area (Å²) in [5.41, 5.74) is 1.03. The molecule has 3 aromatic carbocycles. The van der Waals surface area contributed by atoms with Crippen LogP contribution in [0.1, 0.15) is 44.6 Å². The van der Waals surface area contributed by atoms with Crippen LogP contribution >= 0.6 is 0 Å². The maximum atomic E-state index is 14.0. The average Bonchev–Trinajstić information content (AvgIpc) is 2.99. The summed E-state index contributed by atoms with van der Waals surface area (Å²) >= 11 is 0. The van der Waals surface area contributed by atoms with Gasteiger partial charge >= 0.3 is 0 Å². The van der Waals surface area contributed by atoms with Crippen LogP contribution in [0.5, 0.6) is 5.75 Å². The molecule has 3 aromatic rings. The molecule has 0 saturated heterocycles. The Hall–Kier alpha value is -3.92. The molecular weight excluding hydrogens is 545 g/mol. The highest BCUT2D eigenvalue weighted by Crippen LogP contribution is 2.25. The Kier molecular flexibility index (Phi) is 9.99. The largest absolute Gasteiger partial charge is 0.497 e. The fraction of sp³-hybridized carbons (Fsp3) is 0.355. The van der Waals surface area contributed by atoms with Gasteiger partial charge in [0.1, 0.15) is 24.2 Å². The number of rotatable bonds is 11. The SMILES string of the molecule is COc1ccc(CN(C(=O)CN(c2ccccc2)S(=O)(=O)c2ccc(F)cc2)[C@@H](C)C(=O)NC2CCCCC2)cc1. The third kappa shape index (κ3) is 7.64. The first kappa shape index (κ1) is 30.0. The van der Waals surface area contributed by atoms with Crippen molar-refractivity contribution in [3.05, 3.63) is 90.2 Å². The maximum absolute atomic E-state index is 14.0. The molecule has 1 saturated carbocycles. The topological polar surface area (TPSA) is 96.0 Å². The predicted molar refractivity (Wildman–Crippen MR) is 155 cm³/mol. The number of nitrogens with zero attached hydrogens (tertiary/aromatic N) is 2. The average molecular weight is 582 g/mol. The minimum Gasteiger partial charge on any atom is -0.497 e. The molecule has 1 fully saturated rings. The Morgan fingerprint density at radius 3 is 2.20 bits per heavy atom. The van der Waals surface area contributed by atoms with Crippen molar-refractivity contribution in [2.24, 2.45) is 0 Å². The van der Waals surface area contributed by atoms with Crippen LogP contribution in [-0.4, -0.2) is 50.9 Å². The Balaban J connectivity index is 1.65. The number of carbonyl (C=O) groups is 2. The monoisotopic (exact) mass is 581 g/mol. The van der Waals surface area contributed by atoms with E-state index in [1.54, 1.807) is 68.6 Å². The van der Waals surface area contributed by atoms with Gasteiger partial charge in [0.05, 0.1) is 17.7 Å². The molecule has 41 heavy (non-hydrogen) atoms. The fourth-order valence-electron chi connectivity index (χ4n) is 4.94. The van der Waals surface area contributed by atoms with Gasteiger partial charge in [-0.25, -0.2) is 12.8 Å². The number of amides is 2. The third-order valence-corrected chi connectivity index (χ3v) is 9.14. The van der Waals surface area contributed by atoms with Crippen LogP contribution in [0.2, 0.25) is 0 Å². The number of halogens is 1. The lowest BCUT2D eigenvalue weighted by atomic mass is 9.95. The van der Waals surface area contributed by atoms with Crippen molar-refractivity contribution >= 4 is 27.5 Å². The summed E-state index contributed by atoms with van der Waals surface area (Å²) in [6.45, 7) is 1.18. The Morgan fingerprint density at radius 1 is 0.951 bits per heavy atom. The van der Waals surface area contributed by atoms with E-state index in [-0.39, 0.29) is 29.1 Å². The Morgan fingerprint density at radius 2 is 1.59 bits per heavy atom. The summed E-state index contributed by atoms with van der Waals surface area (Å²) < 4.78 is 47.3. The molecule has 1 aliphatic carbocycles. The van der Waals surface area contributed by atoms with Crippen LogP contribution in [0.15, 0.2) is 83.8 Å². The lowest BCUT2D eigenvalue weighted by Crippen LogP contribution is -2.53. The summed E-state index contributed by atoms with van der Waals surface area (Å²) in [5.74, 6) is -0.766. The second-order valence-electron chi connectivity index (χ2n) is 10.2. The van der Waals surface area contributed by atoms with Gasteiger partial charge in [-0.3, -0.25) is 13.9 Å². The van der Waals surface area contributed by atoms with E-state index in [2.05, 4.69) is 5.32 Å². The molecule has 0 aromatic heterocycles. The molecule has 8 nitrogen and oxygen atoms in total. The second-order valence-corrected chi connectivity index (χ2v) is 12.1. The van der Waals surface area contributed by atoms with Crippen LogP contribution in [0, 0.1) is 5.82 Å². The van der Waals surface area contributed by atoms with E-state index < -0.39 is 34.3 Å². The smallest absolute Gasteiger partial charge is 0.264 e. The highest BCUT2D eigenvalue weighted by Gasteiger charge is 2.33. The van der Waals surface area contributed by atoms with Crippen LogP contribution < -0.4 is 14.4 Å².